The van der Waals surface area contributed by atoms with Gasteiger partial charge in [0.15, 0.2) is 0 Å². The highest BCUT2D eigenvalue weighted by molar-refractivity contribution is 6.35. The fourth-order valence-electron chi connectivity index (χ4n) is 0.945. The minimum atomic E-state index is -0.436. The standard InChI is InChI=1S/C11H13Cl2NO/c1-11(2,3)10(15)14-9-5-7(12)4-8(13)6-9/h4-6H,1-3H3,(H,14,15). The summed E-state index contributed by atoms with van der Waals surface area (Å²) in [6, 6.07) is 4.95. The van der Waals surface area contributed by atoms with Crippen molar-refractivity contribution in [1.82, 2.24) is 0 Å². The lowest BCUT2D eigenvalue weighted by atomic mass is 9.95. The average molecular weight is 246 g/mol. The van der Waals surface area contributed by atoms with Crippen LogP contribution in [0, 0.1) is 5.41 Å². The molecule has 0 atom stereocenters. The molecule has 0 unspecified atom stereocenters. The van der Waals surface area contributed by atoms with Crippen LogP contribution in [-0.4, -0.2) is 5.91 Å². The van der Waals surface area contributed by atoms with Crippen LogP contribution in [0.25, 0.3) is 0 Å². The van der Waals surface area contributed by atoms with Crippen LogP contribution in [-0.2, 0) is 4.79 Å². The topological polar surface area (TPSA) is 29.1 Å². The van der Waals surface area contributed by atoms with Gasteiger partial charge >= 0.3 is 0 Å². The predicted molar refractivity (Wildman–Crippen MR) is 64.5 cm³/mol. The molecule has 1 aromatic rings. The highest BCUT2D eigenvalue weighted by Gasteiger charge is 2.21. The number of hydrogen-bond donors (Lipinski definition) is 1. The number of nitrogens with one attached hydrogen (secondary N) is 1. The maximum Gasteiger partial charge on any atom is 0.229 e. The van der Waals surface area contributed by atoms with Gasteiger partial charge in [0.25, 0.3) is 0 Å². The van der Waals surface area contributed by atoms with E-state index in [0.717, 1.165) is 0 Å². The highest BCUT2D eigenvalue weighted by Crippen LogP contribution is 2.24. The average Bonchev–Trinajstić information content (AvgIpc) is 1.99. The summed E-state index contributed by atoms with van der Waals surface area (Å²) in [5.74, 6) is -0.0687. The summed E-state index contributed by atoms with van der Waals surface area (Å²) in [4.78, 5) is 11.7. The molecule has 1 aromatic carbocycles. The zero-order valence-corrected chi connectivity index (χ0v) is 10.4. The maximum atomic E-state index is 11.7. The summed E-state index contributed by atoms with van der Waals surface area (Å²) < 4.78 is 0. The number of carbonyl (C=O) groups is 1. The summed E-state index contributed by atoms with van der Waals surface area (Å²) in [5, 5.41) is 3.77. The molecule has 0 heterocycles. The van der Waals surface area contributed by atoms with Crippen molar-refractivity contribution in [3.63, 3.8) is 0 Å². The summed E-state index contributed by atoms with van der Waals surface area (Å²) in [6.45, 7) is 5.53. The molecule has 15 heavy (non-hydrogen) atoms. The molecule has 0 fully saturated rings. The third-order valence-corrected chi connectivity index (χ3v) is 2.24. The number of anilines is 1. The van der Waals surface area contributed by atoms with Crippen molar-refractivity contribution >= 4 is 34.8 Å². The van der Waals surface area contributed by atoms with Gasteiger partial charge in [-0.2, -0.15) is 0 Å². The van der Waals surface area contributed by atoms with Crippen LogP contribution in [0.15, 0.2) is 18.2 Å². The molecule has 82 valence electrons. The Hall–Kier alpha value is -0.730. The Bertz CT molecular complexity index is 362. The number of halogens is 2. The molecule has 1 amide bonds. The summed E-state index contributed by atoms with van der Waals surface area (Å²) in [7, 11) is 0. The lowest BCUT2D eigenvalue weighted by Crippen LogP contribution is -2.27. The van der Waals surface area contributed by atoms with E-state index in [9.17, 15) is 4.79 Å². The molecule has 0 aliphatic heterocycles. The minimum absolute atomic E-state index is 0.0687. The number of benzene rings is 1. The van der Waals surface area contributed by atoms with Crippen molar-refractivity contribution < 1.29 is 4.79 Å². The first-order valence-corrected chi connectivity index (χ1v) is 5.32. The first-order chi connectivity index (χ1) is 6.79. The van der Waals surface area contributed by atoms with Gasteiger partial charge in [0.2, 0.25) is 5.91 Å². The monoisotopic (exact) mass is 245 g/mol. The van der Waals surface area contributed by atoms with Crippen molar-refractivity contribution in [3.8, 4) is 0 Å². The Morgan fingerprint density at radius 1 is 1.13 bits per heavy atom. The molecule has 2 nitrogen and oxygen atoms in total. The third-order valence-electron chi connectivity index (χ3n) is 1.80. The second-order valence-corrected chi connectivity index (χ2v) is 5.24. The van der Waals surface area contributed by atoms with Crippen molar-refractivity contribution in [2.45, 2.75) is 20.8 Å². The molecule has 0 aliphatic rings. The zero-order valence-electron chi connectivity index (χ0n) is 8.90. The van der Waals surface area contributed by atoms with Crippen LogP contribution < -0.4 is 5.32 Å². The number of carbonyl (C=O) groups excluding carboxylic acids is 1. The number of rotatable bonds is 1. The Balaban J connectivity index is 2.86. The van der Waals surface area contributed by atoms with Crippen LogP contribution in [0.4, 0.5) is 5.69 Å². The molecule has 0 aliphatic carbocycles. The van der Waals surface area contributed by atoms with Crippen LogP contribution in [0.5, 0.6) is 0 Å². The van der Waals surface area contributed by atoms with Crippen LogP contribution in [0.3, 0.4) is 0 Å². The SMILES string of the molecule is CC(C)(C)C(=O)Nc1cc(Cl)cc(Cl)c1. The van der Waals surface area contributed by atoms with Crippen molar-refractivity contribution in [1.29, 1.82) is 0 Å². The van der Waals surface area contributed by atoms with E-state index in [1.165, 1.54) is 0 Å². The maximum absolute atomic E-state index is 11.7. The first kappa shape index (κ1) is 12.3. The van der Waals surface area contributed by atoms with E-state index in [1.54, 1.807) is 18.2 Å². The molecular formula is C11H13Cl2NO. The molecule has 1 rings (SSSR count). The molecule has 0 saturated carbocycles. The van der Waals surface area contributed by atoms with Gasteiger partial charge in [-0.3, -0.25) is 4.79 Å². The van der Waals surface area contributed by atoms with Crippen molar-refractivity contribution in [3.05, 3.63) is 28.2 Å². The van der Waals surface area contributed by atoms with Gasteiger partial charge in [0.1, 0.15) is 0 Å². The van der Waals surface area contributed by atoms with E-state index < -0.39 is 5.41 Å². The highest BCUT2D eigenvalue weighted by atomic mass is 35.5. The molecule has 0 aromatic heterocycles. The smallest absolute Gasteiger partial charge is 0.229 e. The molecule has 0 radical (unpaired) electrons. The molecule has 1 N–H and O–H groups in total. The number of hydrogen-bond acceptors (Lipinski definition) is 1. The Morgan fingerprint density at radius 3 is 2.00 bits per heavy atom. The molecule has 4 heteroatoms. The Morgan fingerprint density at radius 2 is 1.60 bits per heavy atom. The molecule has 0 saturated heterocycles. The van der Waals surface area contributed by atoms with E-state index >= 15 is 0 Å². The van der Waals surface area contributed by atoms with Gasteiger partial charge in [0, 0.05) is 21.1 Å². The lowest BCUT2D eigenvalue weighted by Gasteiger charge is -2.17. The minimum Gasteiger partial charge on any atom is -0.326 e. The second kappa shape index (κ2) is 4.42. The van der Waals surface area contributed by atoms with E-state index in [0.29, 0.717) is 15.7 Å². The zero-order chi connectivity index (χ0) is 11.6. The molecular weight excluding hydrogens is 233 g/mol. The van der Waals surface area contributed by atoms with Crippen LogP contribution >= 0.6 is 23.2 Å². The summed E-state index contributed by atoms with van der Waals surface area (Å²) in [5.41, 5.74) is 0.182. The van der Waals surface area contributed by atoms with E-state index in [4.69, 9.17) is 23.2 Å². The van der Waals surface area contributed by atoms with Gasteiger partial charge in [-0.25, -0.2) is 0 Å². The summed E-state index contributed by atoms with van der Waals surface area (Å²) >= 11 is 11.6. The quantitative estimate of drug-likeness (QED) is 0.797. The van der Waals surface area contributed by atoms with Crippen molar-refractivity contribution in [2.75, 3.05) is 5.32 Å². The summed E-state index contributed by atoms with van der Waals surface area (Å²) in [6.07, 6.45) is 0. The second-order valence-electron chi connectivity index (χ2n) is 4.36. The molecule has 0 spiro atoms. The first-order valence-electron chi connectivity index (χ1n) is 4.56. The van der Waals surface area contributed by atoms with E-state index in [-0.39, 0.29) is 5.91 Å². The lowest BCUT2D eigenvalue weighted by molar-refractivity contribution is -0.123. The fraction of sp³-hybridized carbons (Fsp3) is 0.364. The van der Waals surface area contributed by atoms with Gasteiger partial charge < -0.3 is 5.32 Å². The third kappa shape index (κ3) is 3.73. The normalized spacial score (nSPS) is 11.3. The van der Waals surface area contributed by atoms with Gasteiger partial charge in [0.05, 0.1) is 0 Å². The van der Waals surface area contributed by atoms with Gasteiger partial charge in [-0.1, -0.05) is 44.0 Å². The van der Waals surface area contributed by atoms with Crippen molar-refractivity contribution in [2.24, 2.45) is 5.41 Å². The molecule has 0 bridgehead atoms. The van der Waals surface area contributed by atoms with Gasteiger partial charge in [-0.15, -0.1) is 0 Å². The largest absolute Gasteiger partial charge is 0.326 e. The Kier molecular flexibility index (Phi) is 3.63. The van der Waals surface area contributed by atoms with E-state index in [2.05, 4.69) is 5.32 Å². The number of amides is 1. The van der Waals surface area contributed by atoms with Gasteiger partial charge in [-0.05, 0) is 18.2 Å². The fourth-order valence-corrected chi connectivity index (χ4v) is 1.47. The predicted octanol–water partition coefficient (Wildman–Crippen LogP) is 3.98. The van der Waals surface area contributed by atoms with E-state index in [1.807, 2.05) is 20.8 Å². The van der Waals surface area contributed by atoms with Crippen LogP contribution in [0.2, 0.25) is 10.0 Å². The van der Waals surface area contributed by atoms with Crippen LogP contribution in [0.1, 0.15) is 20.8 Å². The Labute approximate surface area is 99.6 Å².